The number of rotatable bonds is 4. The quantitative estimate of drug-likeness (QED) is 0.843. The van der Waals surface area contributed by atoms with Crippen molar-refractivity contribution in [2.24, 2.45) is 11.7 Å². The predicted molar refractivity (Wildman–Crippen MR) is 65.5 cm³/mol. The monoisotopic (exact) mass is 233 g/mol. The molecule has 0 saturated heterocycles. The predicted octanol–water partition coefficient (Wildman–Crippen LogP) is 1.75. The molecule has 0 aliphatic heterocycles. The molecule has 0 radical (unpaired) electrons. The highest BCUT2D eigenvalue weighted by Crippen LogP contribution is 2.19. The van der Waals surface area contributed by atoms with Crippen LogP contribution >= 0.6 is 0 Å². The molecule has 2 rings (SSSR count). The van der Waals surface area contributed by atoms with Gasteiger partial charge in [0.25, 0.3) is 6.01 Å². The summed E-state index contributed by atoms with van der Waals surface area (Å²) in [6.07, 6.45) is 0. The zero-order chi connectivity index (χ0) is 12.4. The summed E-state index contributed by atoms with van der Waals surface area (Å²) in [4.78, 5) is 15.5. The zero-order valence-electron chi connectivity index (χ0n) is 9.81. The summed E-state index contributed by atoms with van der Waals surface area (Å²) in [6.45, 7) is 3.82. The molecule has 0 spiro atoms. The minimum atomic E-state index is -0.483. The third-order valence-corrected chi connectivity index (χ3v) is 2.55. The third-order valence-electron chi connectivity index (χ3n) is 2.55. The van der Waals surface area contributed by atoms with E-state index >= 15 is 0 Å². The number of hydrogen-bond donors (Lipinski definition) is 2. The Bertz CT molecular complexity index is 500. The van der Waals surface area contributed by atoms with Crippen molar-refractivity contribution in [3.8, 4) is 0 Å². The van der Waals surface area contributed by atoms with E-state index in [2.05, 4.69) is 10.3 Å². The summed E-state index contributed by atoms with van der Waals surface area (Å²) >= 11 is 0. The minimum Gasteiger partial charge on any atom is -0.424 e. The molecule has 0 bridgehead atoms. The molecule has 0 fully saturated rings. The first kappa shape index (κ1) is 11.4. The Hall–Kier alpha value is -2.04. The van der Waals surface area contributed by atoms with Gasteiger partial charge in [0.05, 0.1) is 0 Å². The lowest BCUT2D eigenvalue weighted by atomic mass is 10.0. The zero-order valence-corrected chi connectivity index (χ0v) is 9.81. The van der Waals surface area contributed by atoms with Gasteiger partial charge < -0.3 is 15.5 Å². The lowest BCUT2D eigenvalue weighted by Gasteiger charge is -2.17. The Morgan fingerprint density at radius 1 is 1.41 bits per heavy atom. The minimum absolute atomic E-state index is 0.0718. The summed E-state index contributed by atoms with van der Waals surface area (Å²) in [5.41, 5.74) is 6.74. The van der Waals surface area contributed by atoms with Crippen LogP contribution in [0.25, 0.3) is 11.1 Å². The van der Waals surface area contributed by atoms with E-state index in [-0.39, 0.29) is 5.92 Å². The molecular weight excluding hydrogens is 218 g/mol. The van der Waals surface area contributed by atoms with Gasteiger partial charge in [-0.25, -0.2) is 0 Å². The van der Waals surface area contributed by atoms with Crippen LogP contribution < -0.4 is 11.1 Å². The lowest BCUT2D eigenvalue weighted by Crippen LogP contribution is -2.39. The molecule has 0 aliphatic carbocycles. The van der Waals surface area contributed by atoms with Crippen LogP contribution in [-0.4, -0.2) is 16.9 Å². The Kier molecular flexibility index (Phi) is 2.99. The van der Waals surface area contributed by atoms with Crippen molar-refractivity contribution in [2.45, 2.75) is 19.9 Å². The highest BCUT2D eigenvalue weighted by Gasteiger charge is 2.21. The first-order valence-corrected chi connectivity index (χ1v) is 5.49. The normalized spacial score (nSPS) is 12.9. The Morgan fingerprint density at radius 3 is 2.71 bits per heavy atom. The highest BCUT2D eigenvalue weighted by molar-refractivity contribution is 5.83. The van der Waals surface area contributed by atoms with E-state index < -0.39 is 11.9 Å². The van der Waals surface area contributed by atoms with Crippen molar-refractivity contribution in [1.29, 1.82) is 0 Å². The van der Waals surface area contributed by atoms with Gasteiger partial charge in [0.2, 0.25) is 5.91 Å². The smallest absolute Gasteiger partial charge is 0.296 e. The largest absolute Gasteiger partial charge is 0.424 e. The van der Waals surface area contributed by atoms with Gasteiger partial charge in [-0.3, -0.25) is 4.79 Å². The molecule has 0 aliphatic rings. The molecule has 1 aromatic heterocycles. The Morgan fingerprint density at radius 2 is 2.12 bits per heavy atom. The molecule has 3 N–H and O–H groups in total. The topological polar surface area (TPSA) is 81.2 Å². The van der Waals surface area contributed by atoms with Crippen LogP contribution in [0.5, 0.6) is 0 Å². The number of oxazole rings is 1. The van der Waals surface area contributed by atoms with Gasteiger partial charge in [0.15, 0.2) is 5.58 Å². The molecular formula is C12H15N3O2. The summed E-state index contributed by atoms with van der Waals surface area (Å²) in [5, 5.41) is 2.92. The van der Waals surface area contributed by atoms with Crippen LogP contribution in [0, 0.1) is 5.92 Å². The van der Waals surface area contributed by atoms with Gasteiger partial charge in [-0.2, -0.15) is 4.98 Å². The van der Waals surface area contributed by atoms with E-state index in [1.54, 1.807) is 0 Å². The van der Waals surface area contributed by atoms with Gasteiger partial charge in [0.1, 0.15) is 11.6 Å². The van der Waals surface area contributed by atoms with Crippen LogP contribution in [-0.2, 0) is 4.79 Å². The summed E-state index contributed by atoms with van der Waals surface area (Å²) in [6, 6.07) is 7.25. The van der Waals surface area contributed by atoms with Crippen LogP contribution in [0.15, 0.2) is 28.7 Å². The summed E-state index contributed by atoms with van der Waals surface area (Å²) < 4.78 is 5.47. The lowest BCUT2D eigenvalue weighted by molar-refractivity contribution is -0.119. The van der Waals surface area contributed by atoms with Crippen molar-refractivity contribution >= 4 is 23.0 Å². The number of primary amides is 1. The maximum Gasteiger partial charge on any atom is 0.296 e. The first-order chi connectivity index (χ1) is 8.08. The molecule has 5 heteroatoms. The number of benzene rings is 1. The van der Waals surface area contributed by atoms with Gasteiger partial charge >= 0.3 is 0 Å². The fraction of sp³-hybridized carbons (Fsp3) is 0.333. The number of para-hydroxylation sites is 2. The number of fused-ring (bicyclic) bond motifs is 1. The van der Waals surface area contributed by atoms with Crippen LogP contribution in [0.4, 0.5) is 6.01 Å². The van der Waals surface area contributed by atoms with E-state index in [0.29, 0.717) is 11.6 Å². The number of carbonyl (C=O) groups is 1. The second-order valence-corrected chi connectivity index (χ2v) is 4.26. The molecule has 1 heterocycles. The van der Waals surface area contributed by atoms with Crippen LogP contribution in [0.1, 0.15) is 13.8 Å². The van der Waals surface area contributed by atoms with E-state index in [0.717, 1.165) is 5.52 Å². The van der Waals surface area contributed by atoms with Gasteiger partial charge in [-0.1, -0.05) is 26.0 Å². The van der Waals surface area contributed by atoms with Gasteiger partial charge in [-0.05, 0) is 18.1 Å². The van der Waals surface area contributed by atoms with Crippen molar-refractivity contribution < 1.29 is 9.21 Å². The Balaban J connectivity index is 2.25. The van der Waals surface area contributed by atoms with Crippen molar-refractivity contribution in [3.05, 3.63) is 24.3 Å². The maximum atomic E-state index is 11.3. The molecule has 1 unspecified atom stereocenters. The number of anilines is 1. The number of nitrogens with one attached hydrogen (secondary N) is 1. The number of carbonyl (C=O) groups excluding carboxylic acids is 1. The van der Waals surface area contributed by atoms with E-state index in [1.165, 1.54) is 0 Å². The van der Waals surface area contributed by atoms with Crippen LogP contribution in [0.2, 0.25) is 0 Å². The van der Waals surface area contributed by atoms with E-state index in [1.807, 2.05) is 38.1 Å². The maximum absolute atomic E-state index is 11.3. The molecule has 1 atom stereocenters. The third kappa shape index (κ3) is 2.38. The van der Waals surface area contributed by atoms with E-state index in [9.17, 15) is 4.79 Å². The average Bonchev–Trinajstić information content (AvgIpc) is 2.67. The summed E-state index contributed by atoms with van der Waals surface area (Å²) in [7, 11) is 0. The molecule has 2 aromatic rings. The average molecular weight is 233 g/mol. The number of nitrogens with two attached hydrogens (primary N) is 1. The number of aromatic nitrogens is 1. The molecule has 0 saturated carbocycles. The molecule has 17 heavy (non-hydrogen) atoms. The van der Waals surface area contributed by atoms with E-state index in [4.69, 9.17) is 10.2 Å². The first-order valence-electron chi connectivity index (χ1n) is 5.49. The number of nitrogens with zero attached hydrogens (tertiary/aromatic N) is 1. The second-order valence-electron chi connectivity index (χ2n) is 4.26. The highest BCUT2D eigenvalue weighted by atomic mass is 16.4. The number of amides is 1. The fourth-order valence-electron chi connectivity index (χ4n) is 1.63. The standard InChI is InChI=1S/C12H15N3O2/c1-7(2)10(11(13)16)15-12-14-8-5-3-4-6-9(8)17-12/h3-7,10H,1-2H3,(H2,13,16)(H,14,15). The second kappa shape index (κ2) is 4.45. The van der Waals surface area contributed by atoms with Crippen molar-refractivity contribution in [3.63, 3.8) is 0 Å². The van der Waals surface area contributed by atoms with Crippen molar-refractivity contribution in [1.82, 2.24) is 4.98 Å². The van der Waals surface area contributed by atoms with Gasteiger partial charge in [-0.15, -0.1) is 0 Å². The van der Waals surface area contributed by atoms with Gasteiger partial charge in [0, 0.05) is 0 Å². The van der Waals surface area contributed by atoms with Crippen LogP contribution in [0.3, 0.4) is 0 Å². The molecule has 90 valence electrons. The fourth-order valence-corrected chi connectivity index (χ4v) is 1.63. The number of hydrogen-bond acceptors (Lipinski definition) is 4. The SMILES string of the molecule is CC(C)C(Nc1nc2ccccc2o1)C(N)=O. The molecule has 1 amide bonds. The van der Waals surface area contributed by atoms with Crippen molar-refractivity contribution in [2.75, 3.05) is 5.32 Å². The Labute approximate surface area is 99.0 Å². The molecule has 5 nitrogen and oxygen atoms in total. The molecule has 1 aromatic carbocycles. The summed E-state index contributed by atoms with van der Waals surface area (Å²) in [5.74, 6) is -0.343.